The minimum Gasteiger partial charge on any atom is -0.404 e. The number of ether oxygens (including phenoxy) is 1. The van der Waals surface area contributed by atoms with Gasteiger partial charge in [0.2, 0.25) is 0 Å². The van der Waals surface area contributed by atoms with E-state index in [1.165, 1.54) is 37.2 Å². The van der Waals surface area contributed by atoms with E-state index in [-0.39, 0.29) is 17.8 Å². The highest BCUT2D eigenvalue weighted by atomic mass is 16.5. The van der Waals surface area contributed by atoms with Crippen molar-refractivity contribution in [1.29, 1.82) is 10.8 Å². The van der Waals surface area contributed by atoms with Gasteiger partial charge in [-0.25, -0.2) is 4.99 Å². The van der Waals surface area contributed by atoms with Crippen LogP contribution in [0.2, 0.25) is 0 Å². The highest BCUT2D eigenvalue weighted by molar-refractivity contribution is 6.18. The Labute approximate surface area is 179 Å². The Hall–Kier alpha value is -2.45. The number of rotatable bonds is 4. The molecule has 0 spiro atoms. The quantitative estimate of drug-likeness (QED) is 0.207. The van der Waals surface area contributed by atoms with Crippen LogP contribution < -0.4 is 11.5 Å². The lowest BCUT2D eigenvalue weighted by Crippen LogP contribution is -2.20. The van der Waals surface area contributed by atoms with Crippen molar-refractivity contribution < 1.29 is 9.84 Å². The van der Waals surface area contributed by atoms with Gasteiger partial charge in [0.05, 0.1) is 25.4 Å². The van der Waals surface area contributed by atoms with E-state index in [4.69, 9.17) is 27.0 Å². The van der Waals surface area contributed by atoms with Gasteiger partial charge in [0.25, 0.3) is 0 Å². The Morgan fingerprint density at radius 3 is 2.70 bits per heavy atom. The molecule has 166 valence electrons. The molecule has 0 bridgehead atoms. The number of aliphatic imine (C=N–C) groups is 1. The Kier molecular flexibility index (Phi) is 9.26. The van der Waals surface area contributed by atoms with Gasteiger partial charge in [0, 0.05) is 24.0 Å². The van der Waals surface area contributed by atoms with Crippen LogP contribution in [0.4, 0.5) is 0 Å². The van der Waals surface area contributed by atoms with Gasteiger partial charge in [-0.15, -0.1) is 0 Å². The molecule has 1 aliphatic carbocycles. The van der Waals surface area contributed by atoms with E-state index in [9.17, 15) is 5.11 Å². The molecule has 3 fully saturated rings. The molecule has 8 nitrogen and oxygen atoms in total. The van der Waals surface area contributed by atoms with Crippen molar-refractivity contribution in [3.05, 3.63) is 35.2 Å². The standard InChI is InChI=1S/C14H20N6O.C8H16O/c1-9(6-11-12-8-21-5-4-20(11)12)10(7-16)14(18)19-13(17)2-3-15;1-7-3-2-4-8(9)6-5-7/h2-3,6-7,12,16H,4-5,8,15H2,1H3,(H3,17,18,19);7-9H,2-6H2,1H3/b3-2-,10-9-,11-6+,16-7?;. The largest absolute Gasteiger partial charge is 0.404 e. The predicted molar refractivity (Wildman–Crippen MR) is 122 cm³/mol. The number of hydrogen-bond acceptors (Lipinski definition) is 6. The summed E-state index contributed by atoms with van der Waals surface area (Å²) in [6.07, 6.45) is 11.6. The fraction of sp³-hybridized carbons (Fsp3) is 0.591. The van der Waals surface area contributed by atoms with Crippen LogP contribution in [0.15, 0.2) is 40.2 Å². The number of nitrogens with zero attached hydrogens (tertiary/aromatic N) is 2. The van der Waals surface area contributed by atoms with Crippen LogP contribution in [0.3, 0.4) is 0 Å². The van der Waals surface area contributed by atoms with Gasteiger partial charge in [0.15, 0.2) is 5.84 Å². The number of amidine groups is 2. The van der Waals surface area contributed by atoms with Gasteiger partial charge in [-0.2, -0.15) is 0 Å². The molecular weight excluding hydrogens is 380 g/mol. The maximum atomic E-state index is 9.21. The summed E-state index contributed by atoms with van der Waals surface area (Å²) in [6.45, 7) is 6.49. The molecule has 3 atom stereocenters. The zero-order valence-corrected chi connectivity index (χ0v) is 18.1. The molecule has 2 aliphatic heterocycles. The smallest absolute Gasteiger partial charge is 0.155 e. The summed E-state index contributed by atoms with van der Waals surface area (Å²) in [5.74, 6) is 0.937. The van der Waals surface area contributed by atoms with E-state index in [0.717, 1.165) is 43.7 Å². The first kappa shape index (κ1) is 23.8. The minimum atomic E-state index is -0.0511. The van der Waals surface area contributed by atoms with Gasteiger partial charge in [-0.1, -0.05) is 19.8 Å². The molecule has 3 aliphatic rings. The van der Waals surface area contributed by atoms with E-state index < -0.39 is 0 Å². The summed E-state index contributed by atoms with van der Waals surface area (Å²) in [5.41, 5.74) is 13.2. The number of fused-ring (bicyclic) bond motifs is 1. The molecule has 7 N–H and O–H groups in total. The van der Waals surface area contributed by atoms with Crippen molar-refractivity contribution in [3.8, 4) is 0 Å². The van der Waals surface area contributed by atoms with Crippen molar-refractivity contribution in [2.24, 2.45) is 22.4 Å². The van der Waals surface area contributed by atoms with E-state index >= 15 is 0 Å². The lowest BCUT2D eigenvalue weighted by molar-refractivity contribution is 0.0876. The third-order valence-electron chi connectivity index (χ3n) is 5.66. The van der Waals surface area contributed by atoms with Gasteiger partial charge < -0.3 is 31.6 Å². The fourth-order valence-electron chi connectivity index (χ4n) is 3.76. The van der Waals surface area contributed by atoms with Crippen molar-refractivity contribution >= 4 is 17.9 Å². The molecule has 2 heterocycles. The van der Waals surface area contributed by atoms with Gasteiger partial charge in [-0.3, -0.25) is 5.41 Å². The number of morpholine rings is 1. The molecule has 0 radical (unpaired) electrons. The molecule has 3 rings (SSSR count). The first-order chi connectivity index (χ1) is 14.4. The summed E-state index contributed by atoms with van der Waals surface area (Å²) in [4.78, 5) is 6.17. The number of nitrogens with two attached hydrogens (primary N) is 2. The maximum absolute atomic E-state index is 9.21. The van der Waals surface area contributed by atoms with Crippen LogP contribution in [-0.4, -0.2) is 59.8 Å². The molecule has 0 aromatic heterocycles. The molecular formula is C22H36N6O2. The summed E-state index contributed by atoms with van der Waals surface area (Å²) in [7, 11) is 0. The van der Waals surface area contributed by atoms with Gasteiger partial charge >= 0.3 is 0 Å². The van der Waals surface area contributed by atoms with E-state index in [2.05, 4.69) is 16.8 Å². The Morgan fingerprint density at radius 2 is 2.07 bits per heavy atom. The van der Waals surface area contributed by atoms with E-state index in [0.29, 0.717) is 18.2 Å². The van der Waals surface area contributed by atoms with Crippen LogP contribution in [0.1, 0.15) is 46.0 Å². The minimum absolute atomic E-state index is 0.00921. The van der Waals surface area contributed by atoms with E-state index in [1.54, 1.807) is 0 Å². The molecule has 2 saturated heterocycles. The second-order valence-electron chi connectivity index (χ2n) is 8.11. The summed E-state index contributed by atoms with van der Waals surface area (Å²) >= 11 is 0. The van der Waals surface area contributed by atoms with E-state index in [1.807, 2.05) is 13.0 Å². The zero-order valence-electron chi connectivity index (χ0n) is 18.1. The first-order valence-electron chi connectivity index (χ1n) is 10.6. The second kappa shape index (κ2) is 11.7. The third-order valence-corrected chi connectivity index (χ3v) is 5.66. The number of nitrogens with one attached hydrogen (secondary N) is 2. The summed E-state index contributed by atoms with van der Waals surface area (Å²) in [5, 5.41) is 24.6. The van der Waals surface area contributed by atoms with Gasteiger partial charge in [0.1, 0.15) is 5.84 Å². The van der Waals surface area contributed by atoms with Crippen molar-refractivity contribution in [3.63, 3.8) is 0 Å². The SMILES string of the molecule is CC(/C=C1\C2COCCN12)=C(\C=N)C(=N)N=C(N)/C=C\N.CC1CCCC(O)CC1. The van der Waals surface area contributed by atoms with Crippen LogP contribution in [-0.2, 0) is 4.74 Å². The molecule has 1 saturated carbocycles. The van der Waals surface area contributed by atoms with Crippen LogP contribution in [0.5, 0.6) is 0 Å². The number of aliphatic hydroxyl groups is 1. The average molecular weight is 417 g/mol. The Balaban J connectivity index is 0.000000297. The zero-order chi connectivity index (χ0) is 22.1. The van der Waals surface area contributed by atoms with Crippen molar-refractivity contribution in [2.45, 2.75) is 58.1 Å². The Morgan fingerprint density at radius 1 is 1.30 bits per heavy atom. The molecule has 30 heavy (non-hydrogen) atoms. The fourth-order valence-corrected chi connectivity index (χ4v) is 3.76. The van der Waals surface area contributed by atoms with Crippen LogP contribution in [0.25, 0.3) is 0 Å². The Bertz CT molecular complexity index is 716. The number of allylic oxidation sites excluding steroid dienone is 2. The monoisotopic (exact) mass is 416 g/mol. The molecule has 0 aromatic rings. The highest BCUT2D eigenvalue weighted by Crippen LogP contribution is 2.36. The summed E-state index contributed by atoms with van der Waals surface area (Å²) < 4.78 is 5.41. The van der Waals surface area contributed by atoms with Gasteiger partial charge in [-0.05, 0) is 56.0 Å². The number of hydrogen-bond donors (Lipinski definition) is 5. The number of aliphatic hydroxyl groups excluding tert-OH is 1. The molecule has 3 unspecified atom stereocenters. The van der Waals surface area contributed by atoms with Crippen LogP contribution >= 0.6 is 0 Å². The summed E-state index contributed by atoms with van der Waals surface area (Å²) in [6, 6.07) is 0.351. The normalized spacial score (nSPS) is 28.8. The lowest BCUT2D eigenvalue weighted by Gasteiger charge is -2.10. The average Bonchev–Trinajstić information content (AvgIpc) is 3.43. The first-order valence-corrected chi connectivity index (χ1v) is 10.6. The predicted octanol–water partition coefficient (Wildman–Crippen LogP) is 2.31. The molecule has 0 aromatic carbocycles. The van der Waals surface area contributed by atoms with Crippen molar-refractivity contribution in [2.75, 3.05) is 19.8 Å². The topological polar surface area (TPSA) is 145 Å². The maximum Gasteiger partial charge on any atom is 0.155 e. The van der Waals surface area contributed by atoms with Crippen LogP contribution in [0, 0.1) is 16.7 Å². The molecule has 8 heteroatoms. The molecule has 0 amide bonds. The van der Waals surface area contributed by atoms with Crippen molar-refractivity contribution in [1.82, 2.24) is 4.90 Å². The third kappa shape index (κ3) is 7.11. The second-order valence-corrected chi connectivity index (χ2v) is 8.11. The lowest BCUT2D eigenvalue weighted by atomic mass is 10.0. The highest BCUT2D eigenvalue weighted by Gasteiger charge is 2.42.